The number of hydrogen-bond acceptors (Lipinski definition) is 6. The van der Waals surface area contributed by atoms with Gasteiger partial charge in [-0.3, -0.25) is 14.6 Å². The largest absolute Gasteiger partial charge is 0.299 e. The summed E-state index contributed by atoms with van der Waals surface area (Å²) in [6.07, 6.45) is 10.6. The molecule has 2 aromatic rings. The van der Waals surface area contributed by atoms with E-state index in [2.05, 4.69) is 9.97 Å². The summed E-state index contributed by atoms with van der Waals surface area (Å²) < 4.78 is 25.2. The molecule has 3 rings (SSSR count). The van der Waals surface area contributed by atoms with Crippen molar-refractivity contribution in [3.05, 3.63) is 53.6 Å². The summed E-state index contributed by atoms with van der Waals surface area (Å²) in [4.78, 5) is 32.8. The van der Waals surface area contributed by atoms with Crippen molar-refractivity contribution >= 4 is 21.4 Å². The molecule has 166 valence electrons. The standard InChI is InChI=1S/C24H30N2O4S/c1-18-15-26-23(16-25-18)24(28)9-5-8-19-10-12-22(13-11-19)31(29,30)17-21(27)14-20-6-3-2-4-7-20/h10-13,15-16,20H,2-9,14,17H2,1H3. The van der Waals surface area contributed by atoms with Gasteiger partial charge in [-0.2, -0.15) is 0 Å². The number of aromatic nitrogens is 2. The third-order valence-electron chi connectivity index (χ3n) is 5.81. The molecule has 31 heavy (non-hydrogen) atoms. The van der Waals surface area contributed by atoms with E-state index in [1.165, 1.54) is 12.6 Å². The van der Waals surface area contributed by atoms with Crippen molar-refractivity contribution < 1.29 is 18.0 Å². The molecular weight excluding hydrogens is 412 g/mol. The van der Waals surface area contributed by atoms with Crippen LogP contribution >= 0.6 is 0 Å². The molecule has 1 saturated carbocycles. The lowest BCUT2D eigenvalue weighted by Crippen LogP contribution is -2.20. The van der Waals surface area contributed by atoms with Crippen molar-refractivity contribution in [1.29, 1.82) is 0 Å². The molecule has 0 bridgehead atoms. The Morgan fingerprint density at radius 1 is 1.00 bits per heavy atom. The van der Waals surface area contributed by atoms with Crippen molar-refractivity contribution in [3.63, 3.8) is 0 Å². The zero-order valence-corrected chi connectivity index (χ0v) is 18.9. The minimum absolute atomic E-state index is 0.0526. The minimum atomic E-state index is -3.62. The molecule has 1 heterocycles. The van der Waals surface area contributed by atoms with Gasteiger partial charge in [0.2, 0.25) is 0 Å². The molecule has 1 aliphatic carbocycles. The van der Waals surface area contributed by atoms with E-state index in [0.29, 0.717) is 37.3 Å². The molecule has 1 aromatic heterocycles. The van der Waals surface area contributed by atoms with Crippen LogP contribution in [-0.4, -0.2) is 35.7 Å². The summed E-state index contributed by atoms with van der Waals surface area (Å²) in [5.74, 6) is -0.320. The lowest BCUT2D eigenvalue weighted by molar-refractivity contribution is -0.117. The van der Waals surface area contributed by atoms with Crippen LogP contribution in [0.5, 0.6) is 0 Å². The lowest BCUT2D eigenvalue weighted by Gasteiger charge is -2.20. The van der Waals surface area contributed by atoms with E-state index >= 15 is 0 Å². The van der Waals surface area contributed by atoms with Crippen LogP contribution in [-0.2, 0) is 21.1 Å². The monoisotopic (exact) mass is 442 g/mol. The number of hydrogen-bond donors (Lipinski definition) is 0. The van der Waals surface area contributed by atoms with Gasteiger partial charge in [-0.05, 0) is 43.4 Å². The molecule has 0 amide bonds. The first kappa shape index (κ1) is 23.3. The van der Waals surface area contributed by atoms with E-state index in [4.69, 9.17) is 0 Å². The Morgan fingerprint density at radius 3 is 2.35 bits per heavy atom. The highest BCUT2D eigenvalue weighted by atomic mass is 32.2. The molecule has 7 heteroatoms. The number of sulfone groups is 1. The Hall–Kier alpha value is -2.41. The number of Topliss-reactive ketones (excluding diaryl/α,β-unsaturated/α-hetero) is 2. The normalized spacial score (nSPS) is 15.0. The smallest absolute Gasteiger partial charge is 0.185 e. The van der Waals surface area contributed by atoms with Gasteiger partial charge in [0.15, 0.2) is 15.6 Å². The average Bonchev–Trinajstić information content (AvgIpc) is 2.75. The molecule has 0 spiro atoms. The fourth-order valence-corrected chi connectivity index (χ4v) is 5.31. The van der Waals surface area contributed by atoms with Gasteiger partial charge < -0.3 is 0 Å². The maximum atomic E-state index is 12.6. The van der Waals surface area contributed by atoms with Gasteiger partial charge >= 0.3 is 0 Å². The first-order valence-electron chi connectivity index (χ1n) is 11.0. The van der Waals surface area contributed by atoms with Crippen LogP contribution in [0.4, 0.5) is 0 Å². The van der Waals surface area contributed by atoms with Gasteiger partial charge in [-0.15, -0.1) is 0 Å². The highest BCUT2D eigenvalue weighted by Crippen LogP contribution is 2.27. The van der Waals surface area contributed by atoms with Gasteiger partial charge in [0.25, 0.3) is 0 Å². The third-order valence-corrected chi connectivity index (χ3v) is 7.50. The average molecular weight is 443 g/mol. The molecule has 0 atom stereocenters. The summed E-state index contributed by atoms with van der Waals surface area (Å²) in [7, 11) is -3.62. The van der Waals surface area contributed by atoms with Crippen molar-refractivity contribution in [2.75, 3.05) is 5.75 Å². The number of aryl methyl sites for hydroxylation is 2. The van der Waals surface area contributed by atoms with Crippen LogP contribution < -0.4 is 0 Å². The van der Waals surface area contributed by atoms with Crippen molar-refractivity contribution in [2.24, 2.45) is 5.92 Å². The van der Waals surface area contributed by atoms with Crippen LogP contribution in [0.2, 0.25) is 0 Å². The summed E-state index contributed by atoms with van der Waals surface area (Å²) >= 11 is 0. The summed E-state index contributed by atoms with van der Waals surface area (Å²) in [6, 6.07) is 6.64. The molecule has 1 aromatic carbocycles. The van der Waals surface area contributed by atoms with Crippen LogP contribution in [0.3, 0.4) is 0 Å². The summed E-state index contributed by atoms with van der Waals surface area (Å²) in [5.41, 5.74) is 2.09. The van der Waals surface area contributed by atoms with E-state index in [1.807, 2.05) is 6.92 Å². The highest BCUT2D eigenvalue weighted by Gasteiger charge is 2.23. The number of nitrogens with zero attached hydrogens (tertiary/aromatic N) is 2. The fourth-order valence-electron chi connectivity index (χ4n) is 4.05. The van der Waals surface area contributed by atoms with E-state index in [9.17, 15) is 18.0 Å². The minimum Gasteiger partial charge on any atom is -0.299 e. The van der Waals surface area contributed by atoms with Gasteiger partial charge in [0.05, 0.1) is 16.8 Å². The zero-order chi connectivity index (χ0) is 22.3. The van der Waals surface area contributed by atoms with Crippen LogP contribution in [0.25, 0.3) is 0 Å². The van der Waals surface area contributed by atoms with Gasteiger partial charge in [-0.25, -0.2) is 13.4 Å². The number of benzene rings is 1. The summed E-state index contributed by atoms with van der Waals surface area (Å²) in [6.45, 7) is 1.82. The molecule has 0 unspecified atom stereocenters. The topological polar surface area (TPSA) is 94.1 Å². The van der Waals surface area contributed by atoms with Crippen molar-refractivity contribution in [1.82, 2.24) is 9.97 Å². The predicted octanol–water partition coefficient (Wildman–Crippen LogP) is 4.30. The fraction of sp³-hybridized carbons (Fsp3) is 0.500. The number of rotatable bonds is 10. The first-order valence-corrected chi connectivity index (χ1v) is 12.6. The highest BCUT2D eigenvalue weighted by molar-refractivity contribution is 7.92. The van der Waals surface area contributed by atoms with Crippen LogP contribution in [0.15, 0.2) is 41.6 Å². The zero-order valence-electron chi connectivity index (χ0n) is 18.0. The van der Waals surface area contributed by atoms with Crippen LogP contribution in [0.1, 0.15) is 73.1 Å². The Bertz CT molecular complexity index is 993. The molecule has 1 fully saturated rings. The SMILES string of the molecule is Cc1cnc(C(=O)CCCc2ccc(S(=O)(=O)CC(=O)CC3CCCCC3)cc2)cn1. The van der Waals surface area contributed by atoms with E-state index in [1.54, 1.807) is 30.5 Å². The number of carbonyl (C=O) groups excluding carboxylic acids is 2. The van der Waals surface area contributed by atoms with Gasteiger partial charge in [-0.1, -0.05) is 44.2 Å². The molecule has 6 nitrogen and oxygen atoms in total. The predicted molar refractivity (Wildman–Crippen MR) is 119 cm³/mol. The van der Waals surface area contributed by atoms with Gasteiger partial charge in [0.1, 0.15) is 17.2 Å². The molecule has 1 aliphatic rings. The molecule has 0 aliphatic heterocycles. The molecular formula is C24H30N2O4S. The van der Waals surface area contributed by atoms with E-state index in [-0.39, 0.29) is 16.5 Å². The maximum absolute atomic E-state index is 12.6. The second-order valence-electron chi connectivity index (χ2n) is 8.47. The van der Waals surface area contributed by atoms with E-state index in [0.717, 1.165) is 36.9 Å². The number of ketones is 2. The third kappa shape index (κ3) is 7.06. The van der Waals surface area contributed by atoms with Gasteiger partial charge in [0, 0.05) is 19.0 Å². The Balaban J connectivity index is 1.48. The molecule has 0 N–H and O–H groups in total. The Labute approximate surface area is 184 Å². The van der Waals surface area contributed by atoms with Crippen LogP contribution in [0, 0.1) is 12.8 Å². The molecule has 0 saturated heterocycles. The molecule has 0 radical (unpaired) electrons. The Morgan fingerprint density at radius 2 is 1.71 bits per heavy atom. The second-order valence-corrected chi connectivity index (χ2v) is 10.5. The maximum Gasteiger partial charge on any atom is 0.185 e. The second kappa shape index (κ2) is 10.8. The lowest BCUT2D eigenvalue weighted by atomic mass is 9.86. The van der Waals surface area contributed by atoms with E-state index < -0.39 is 15.6 Å². The number of carbonyl (C=O) groups is 2. The summed E-state index contributed by atoms with van der Waals surface area (Å²) in [5, 5.41) is 0. The quantitative estimate of drug-likeness (QED) is 0.509. The van der Waals surface area contributed by atoms with Crippen molar-refractivity contribution in [2.45, 2.75) is 69.6 Å². The Kier molecular flexibility index (Phi) is 8.07. The first-order chi connectivity index (χ1) is 14.8. The van der Waals surface area contributed by atoms with Crippen molar-refractivity contribution in [3.8, 4) is 0 Å².